The summed E-state index contributed by atoms with van der Waals surface area (Å²) < 4.78 is 5.49. The van der Waals surface area contributed by atoms with E-state index in [1.807, 2.05) is 31.2 Å². The number of para-hydroxylation sites is 1. The molecule has 1 unspecified atom stereocenters. The number of ketones is 2. The predicted octanol–water partition coefficient (Wildman–Crippen LogP) is 4.81. The van der Waals surface area contributed by atoms with Crippen LogP contribution in [0, 0.1) is 13.8 Å². The first-order chi connectivity index (χ1) is 17.3. The van der Waals surface area contributed by atoms with Crippen LogP contribution in [-0.2, 0) is 9.53 Å². The average molecular weight is 479 g/mol. The Labute approximate surface area is 207 Å². The van der Waals surface area contributed by atoms with Gasteiger partial charge in [0.25, 0.3) is 5.91 Å². The Morgan fingerprint density at radius 3 is 2.22 bits per heavy atom. The molecule has 0 aliphatic heterocycles. The van der Waals surface area contributed by atoms with Gasteiger partial charge >= 0.3 is 5.97 Å². The van der Waals surface area contributed by atoms with Gasteiger partial charge in [0.05, 0.1) is 28.0 Å². The summed E-state index contributed by atoms with van der Waals surface area (Å²) in [5, 5.41) is 3.49. The second-order valence-electron chi connectivity index (χ2n) is 8.68. The molecule has 0 saturated carbocycles. The number of pyridine rings is 1. The first-order valence-corrected chi connectivity index (χ1v) is 11.5. The lowest BCUT2D eigenvalue weighted by Gasteiger charge is -2.21. The molecule has 1 aliphatic carbocycles. The number of carbonyl (C=O) groups excluding carboxylic acids is 4. The number of nitrogens with zero attached hydrogens (tertiary/aromatic N) is 1. The van der Waals surface area contributed by atoms with Crippen molar-refractivity contribution in [3.8, 4) is 0 Å². The normalized spacial score (nSPS) is 13.1. The molecule has 178 valence electrons. The van der Waals surface area contributed by atoms with Crippen molar-refractivity contribution in [1.29, 1.82) is 0 Å². The monoisotopic (exact) mass is 478 g/mol. The SMILES string of the molecule is Cc1nc2ccccc2c(C)c1C(=O)OC(C)C(=O)Nc1cccc2c1C(=O)c1ccccc1C2=O. The van der Waals surface area contributed by atoms with Crippen LogP contribution >= 0.6 is 0 Å². The Bertz CT molecular complexity index is 1610. The van der Waals surface area contributed by atoms with Gasteiger partial charge in [-0.3, -0.25) is 19.4 Å². The van der Waals surface area contributed by atoms with Gasteiger partial charge in [-0.1, -0.05) is 54.6 Å². The third-order valence-corrected chi connectivity index (χ3v) is 6.40. The fourth-order valence-electron chi connectivity index (χ4n) is 4.59. The largest absolute Gasteiger partial charge is 0.449 e. The molecule has 1 aromatic heterocycles. The van der Waals surface area contributed by atoms with E-state index in [0.29, 0.717) is 16.8 Å². The zero-order valence-electron chi connectivity index (χ0n) is 19.9. The van der Waals surface area contributed by atoms with E-state index in [-0.39, 0.29) is 33.9 Å². The molecule has 36 heavy (non-hydrogen) atoms. The number of anilines is 1. The number of ether oxygens (including phenoxy) is 1. The third kappa shape index (κ3) is 3.75. The van der Waals surface area contributed by atoms with E-state index < -0.39 is 18.0 Å². The molecule has 0 saturated heterocycles. The molecule has 0 bridgehead atoms. The molecule has 7 heteroatoms. The van der Waals surface area contributed by atoms with E-state index in [1.165, 1.54) is 6.92 Å². The Morgan fingerprint density at radius 2 is 1.47 bits per heavy atom. The van der Waals surface area contributed by atoms with Crippen molar-refractivity contribution in [3.05, 3.63) is 106 Å². The number of nitrogens with one attached hydrogen (secondary N) is 1. The van der Waals surface area contributed by atoms with Gasteiger partial charge in [-0.2, -0.15) is 0 Å². The minimum Gasteiger partial charge on any atom is -0.449 e. The van der Waals surface area contributed by atoms with Gasteiger partial charge in [0.15, 0.2) is 17.7 Å². The van der Waals surface area contributed by atoms with Crippen molar-refractivity contribution < 1.29 is 23.9 Å². The topological polar surface area (TPSA) is 102 Å². The van der Waals surface area contributed by atoms with Crippen molar-refractivity contribution >= 4 is 40.0 Å². The van der Waals surface area contributed by atoms with Crippen LogP contribution in [0.3, 0.4) is 0 Å². The van der Waals surface area contributed by atoms with Gasteiger partial charge < -0.3 is 10.1 Å². The highest BCUT2D eigenvalue weighted by Gasteiger charge is 2.32. The van der Waals surface area contributed by atoms with Gasteiger partial charge in [0.2, 0.25) is 0 Å². The molecule has 1 amide bonds. The molecule has 4 aromatic rings. The van der Waals surface area contributed by atoms with Crippen LogP contribution in [0.2, 0.25) is 0 Å². The third-order valence-electron chi connectivity index (χ3n) is 6.40. The molecular weight excluding hydrogens is 456 g/mol. The highest BCUT2D eigenvalue weighted by atomic mass is 16.5. The number of hydrogen-bond donors (Lipinski definition) is 1. The summed E-state index contributed by atoms with van der Waals surface area (Å²) in [5.41, 5.74) is 3.44. The number of amides is 1. The summed E-state index contributed by atoms with van der Waals surface area (Å²) in [6.07, 6.45) is -1.17. The zero-order valence-corrected chi connectivity index (χ0v) is 19.9. The predicted molar refractivity (Wildman–Crippen MR) is 134 cm³/mol. The molecule has 0 radical (unpaired) electrons. The second-order valence-corrected chi connectivity index (χ2v) is 8.68. The molecule has 1 aliphatic rings. The summed E-state index contributed by atoms with van der Waals surface area (Å²) in [4.78, 5) is 56.6. The van der Waals surface area contributed by atoms with Crippen molar-refractivity contribution in [2.45, 2.75) is 26.9 Å². The number of benzene rings is 3. The van der Waals surface area contributed by atoms with Crippen LogP contribution in [0.25, 0.3) is 10.9 Å². The van der Waals surface area contributed by atoms with Crippen LogP contribution < -0.4 is 5.32 Å². The maximum absolute atomic E-state index is 13.2. The quantitative estimate of drug-likeness (QED) is 0.372. The van der Waals surface area contributed by atoms with Crippen LogP contribution in [-0.4, -0.2) is 34.5 Å². The first-order valence-electron chi connectivity index (χ1n) is 11.5. The van der Waals surface area contributed by atoms with Crippen molar-refractivity contribution in [2.24, 2.45) is 0 Å². The lowest BCUT2D eigenvalue weighted by molar-refractivity contribution is -0.123. The number of carbonyl (C=O) groups is 4. The van der Waals surface area contributed by atoms with Gasteiger partial charge in [0.1, 0.15) is 0 Å². The lowest BCUT2D eigenvalue weighted by atomic mass is 9.83. The molecular formula is C29H22N2O5. The van der Waals surface area contributed by atoms with Crippen molar-refractivity contribution in [1.82, 2.24) is 4.98 Å². The maximum atomic E-state index is 13.2. The van der Waals surface area contributed by atoms with Crippen LogP contribution in [0.5, 0.6) is 0 Å². The number of aromatic nitrogens is 1. The summed E-state index contributed by atoms with van der Waals surface area (Å²) in [5.74, 6) is -1.93. The minimum absolute atomic E-state index is 0.124. The highest BCUT2D eigenvalue weighted by Crippen LogP contribution is 2.32. The summed E-state index contributed by atoms with van der Waals surface area (Å²) >= 11 is 0. The molecule has 0 spiro atoms. The molecule has 1 heterocycles. The van der Waals surface area contributed by atoms with Crippen LogP contribution in [0.1, 0.15) is 60.4 Å². The van der Waals surface area contributed by atoms with Gasteiger partial charge in [0, 0.05) is 22.1 Å². The van der Waals surface area contributed by atoms with Crippen molar-refractivity contribution in [3.63, 3.8) is 0 Å². The number of esters is 1. The molecule has 5 rings (SSSR count). The van der Waals surface area contributed by atoms with E-state index in [0.717, 1.165) is 16.5 Å². The maximum Gasteiger partial charge on any atom is 0.341 e. The molecule has 1 N–H and O–H groups in total. The van der Waals surface area contributed by atoms with E-state index in [4.69, 9.17) is 4.74 Å². The molecule has 3 aromatic carbocycles. The Hall–Kier alpha value is -4.65. The van der Waals surface area contributed by atoms with E-state index in [9.17, 15) is 19.2 Å². The first kappa shape index (κ1) is 23.1. The Kier molecular flexibility index (Phi) is 5.68. The smallest absolute Gasteiger partial charge is 0.341 e. The van der Waals surface area contributed by atoms with E-state index in [2.05, 4.69) is 10.3 Å². The number of aryl methyl sites for hydroxylation is 2. The highest BCUT2D eigenvalue weighted by molar-refractivity contribution is 6.30. The minimum atomic E-state index is -1.17. The van der Waals surface area contributed by atoms with Crippen molar-refractivity contribution in [2.75, 3.05) is 5.32 Å². The molecule has 0 fully saturated rings. The standard InChI is InChI=1S/C29H22N2O5/c1-15-18-9-6-7-13-22(18)30-16(2)24(15)29(35)36-17(3)28(34)31-23-14-8-12-21-25(23)27(33)20-11-5-4-10-19(20)26(21)32/h4-14,17H,1-3H3,(H,31,34). The number of hydrogen-bond acceptors (Lipinski definition) is 6. The fraction of sp³-hybridized carbons (Fsp3) is 0.138. The summed E-state index contributed by atoms with van der Waals surface area (Å²) in [6, 6.07) is 18.8. The summed E-state index contributed by atoms with van der Waals surface area (Å²) in [7, 11) is 0. The van der Waals surface area contributed by atoms with Gasteiger partial charge in [-0.25, -0.2) is 4.79 Å². The molecule has 7 nitrogen and oxygen atoms in total. The second kappa shape index (κ2) is 8.85. The fourth-order valence-corrected chi connectivity index (χ4v) is 4.59. The van der Waals surface area contributed by atoms with Gasteiger partial charge in [-0.05, 0) is 38.5 Å². The Balaban J connectivity index is 1.39. The lowest BCUT2D eigenvalue weighted by Crippen LogP contribution is -2.32. The van der Waals surface area contributed by atoms with Gasteiger partial charge in [-0.15, -0.1) is 0 Å². The molecule has 1 atom stereocenters. The van der Waals surface area contributed by atoms with Crippen LogP contribution in [0.4, 0.5) is 5.69 Å². The Morgan fingerprint density at radius 1 is 0.833 bits per heavy atom. The average Bonchev–Trinajstić information content (AvgIpc) is 2.87. The number of rotatable bonds is 4. The number of fused-ring (bicyclic) bond motifs is 3. The van der Waals surface area contributed by atoms with E-state index in [1.54, 1.807) is 49.4 Å². The van der Waals surface area contributed by atoms with E-state index >= 15 is 0 Å². The summed E-state index contributed by atoms with van der Waals surface area (Å²) in [6.45, 7) is 4.98. The zero-order chi connectivity index (χ0) is 25.6. The van der Waals surface area contributed by atoms with Crippen LogP contribution in [0.15, 0.2) is 66.7 Å².